The predicted molar refractivity (Wildman–Crippen MR) is 71.6 cm³/mol. The number of hydrogen-bond donors (Lipinski definition) is 2. The SMILES string of the molecule is O=C(Nc1ccc(O)cc1Cl)c1cccn1CC(F)(F)F. The lowest BCUT2D eigenvalue weighted by atomic mass is 10.3. The number of carbonyl (C=O) groups excluding carboxylic acids is 1. The lowest BCUT2D eigenvalue weighted by molar-refractivity contribution is -0.140. The van der Waals surface area contributed by atoms with E-state index in [1.165, 1.54) is 36.5 Å². The molecule has 4 nitrogen and oxygen atoms in total. The van der Waals surface area contributed by atoms with E-state index in [2.05, 4.69) is 5.32 Å². The molecule has 8 heteroatoms. The molecule has 1 aromatic heterocycles. The van der Waals surface area contributed by atoms with Crippen LogP contribution in [0.25, 0.3) is 0 Å². The van der Waals surface area contributed by atoms with Crippen molar-refractivity contribution in [1.82, 2.24) is 4.57 Å². The number of aromatic hydroxyl groups is 1. The smallest absolute Gasteiger partial charge is 0.406 e. The van der Waals surface area contributed by atoms with E-state index in [9.17, 15) is 23.1 Å². The Hall–Kier alpha value is -2.15. The summed E-state index contributed by atoms with van der Waals surface area (Å²) in [5.74, 6) is -0.810. The van der Waals surface area contributed by atoms with Gasteiger partial charge in [0.05, 0.1) is 10.7 Å². The number of benzene rings is 1. The van der Waals surface area contributed by atoms with Crippen molar-refractivity contribution >= 4 is 23.2 Å². The van der Waals surface area contributed by atoms with E-state index in [4.69, 9.17) is 11.6 Å². The van der Waals surface area contributed by atoms with Gasteiger partial charge in [-0.1, -0.05) is 11.6 Å². The van der Waals surface area contributed by atoms with Crippen LogP contribution in [0.3, 0.4) is 0 Å². The minimum absolute atomic E-state index is 0.0808. The summed E-state index contributed by atoms with van der Waals surface area (Å²) in [5, 5.41) is 11.7. The highest BCUT2D eigenvalue weighted by Gasteiger charge is 2.29. The summed E-state index contributed by atoms with van der Waals surface area (Å²) in [6, 6.07) is 6.49. The Morgan fingerprint density at radius 3 is 2.67 bits per heavy atom. The number of hydrogen-bond acceptors (Lipinski definition) is 2. The van der Waals surface area contributed by atoms with Crippen molar-refractivity contribution in [3.63, 3.8) is 0 Å². The second kappa shape index (κ2) is 5.69. The van der Waals surface area contributed by atoms with Gasteiger partial charge in [0.15, 0.2) is 0 Å². The maximum Gasteiger partial charge on any atom is 0.406 e. The molecule has 0 fully saturated rings. The number of phenols is 1. The average molecular weight is 319 g/mol. The Morgan fingerprint density at radius 2 is 2.05 bits per heavy atom. The van der Waals surface area contributed by atoms with Crippen LogP contribution in [0.4, 0.5) is 18.9 Å². The zero-order valence-corrected chi connectivity index (χ0v) is 11.2. The van der Waals surface area contributed by atoms with Crippen LogP contribution in [0.2, 0.25) is 5.02 Å². The molecule has 0 unspecified atom stereocenters. The standard InChI is InChI=1S/C13H10ClF3N2O2/c14-9-6-8(20)3-4-10(9)18-12(21)11-2-1-5-19(11)7-13(15,16)17/h1-6,20H,7H2,(H,18,21). The zero-order chi connectivity index (χ0) is 15.6. The third-order valence-electron chi connectivity index (χ3n) is 2.61. The Balaban J connectivity index is 2.19. The van der Waals surface area contributed by atoms with Crippen molar-refractivity contribution in [1.29, 1.82) is 0 Å². The Labute approximate surface area is 122 Å². The normalized spacial score (nSPS) is 11.4. The molecular formula is C13H10ClF3N2O2. The second-order valence-electron chi connectivity index (χ2n) is 4.25. The van der Waals surface area contributed by atoms with E-state index in [-0.39, 0.29) is 22.2 Å². The average Bonchev–Trinajstić information content (AvgIpc) is 2.78. The van der Waals surface area contributed by atoms with Gasteiger partial charge < -0.3 is 15.0 Å². The summed E-state index contributed by atoms with van der Waals surface area (Å²) in [6.07, 6.45) is -3.26. The van der Waals surface area contributed by atoms with Gasteiger partial charge >= 0.3 is 6.18 Å². The van der Waals surface area contributed by atoms with Crippen molar-refractivity contribution in [3.8, 4) is 5.75 Å². The van der Waals surface area contributed by atoms with Gasteiger partial charge in [-0.25, -0.2) is 0 Å². The van der Waals surface area contributed by atoms with Crippen molar-refractivity contribution in [3.05, 3.63) is 47.2 Å². The number of amides is 1. The molecule has 2 aromatic rings. The third kappa shape index (κ3) is 3.91. The maximum atomic E-state index is 12.4. The van der Waals surface area contributed by atoms with Gasteiger partial charge in [-0.15, -0.1) is 0 Å². The largest absolute Gasteiger partial charge is 0.508 e. The van der Waals surface area contributed by atoms with Gasteiger partial charge in [-0.3, -0.25) is 4.79 Å². The van der Waals surface area contributed by atoms with Gasteiger partial charge in [-0.2, -0.15) is 13.2 Å². The van der Waals surface area contributed by atoms with Crippen LogP contribution >= 0.6 is 11.6 Å². The summed E-state index contributed by atoms with van der Waals surface area (Å²) in [4.78, 5) is 12.0. The number of nitrogens with zero attached hydrogens (tertiary/aromatic N) is 1. The molecule has 0 radical (unpaired) electrons. The molecule has 2 rings (SSSR count). The monoisotopic (exact) mass is 318 g/mol. The van der Waals surface area contributed by atoms with Crippen LogP contribution in [0.15, 0.2) is 36.5 Å². The molecular weight excluding hydrogens is 309 g/mol. The number of halogens is 4. The summed E-state index contributed by atoms with van der Waals surface area (Å²) >= 11 is 5.82. The molecule has 1 aromatic carbocycles. The van der Waals surface area contributed by atoms with Crippen molar-refractivity contribution < 1.29 is 23.1 Å². The van der Waals surface area contributed by atoms with Crippen LogP contribution in [-0.4, -0.2) is 21.8 Å². The molecule has 112 valence electrons. The summed E-state index contributed by atoms with van der Waals surface area (Å²) in [6.45, 7) is -1.26. The number of phenolic OH excluding ortho intramolecular Hbond substituents is 1. The summed E-state index contributed by atoms with van der Waals surface area (Å²) < 4.78 is 38.0. The van der Waals surface area contributed by atoms with Gasteiger partial charge in [0.25, 0.3) is 5.91 Å². The van der Waals surface area contributed by atoms with E-state index >= 15 is 0 Å². The van der Waals surface area contributed by atoms with E-state index in [0.717, 1.165) is 4.57 Å². The fourth-order valence-electron chi connectivity index (χ4n) is 1.74. The topological polar surface area (TPSA) is 54.3 Å². The molecule has 1 amide bonds. The van der Waals surface area contributed by atoms with Crippen LogP contribution < -0.4 is 5.32 Å². The molecule has 0 aliphatic heterocycles. The first-order chi connectivity index (χ1) is 9.76. The van der Waals surface area contributed by atoms with Crippen molar-refractivity contribution in [2.24, 2.45) is 0 Å². The zero-order valence-electron chi connectivity index (χ0n) is 10.5. The first-order valence-electron chi connectivity index (χ1n) is 5.78. The lowest BCUT2D eigenvalue weighted by Gasteiger charge is -2.12. The summed E-state index contributed by atoms with van der Waals surface area (Å²) in [5.41, 5.74) is 0.0516. The molecule has 0 saturated heterocycles. The number of nitrogens with one attached hydrogen (secondary N) is 1. The second-order valence-corrected chi connectivity index (χ2v) is 4.66. The first kappa shape index (κ1) is 15.2. The van der Waals surface area contributed by atoms with Gasteiger partial charge in [-0.05, 0) is 24.3 Å². The third-order valence-corrected chi connectivity index (χ3v) is 2.93. The molecule has 0 atom stereocenters. The van der Waals surface area contributed by atoms with E-state index in [0.29, 0.717) is 0 Å². The molecule has 0 aliphatic rings. The molecule has 0 spiro atoms. The first-order valence-corrected chi connectivity index (χ1v) is 6.16. The number of rotatable bonds is 3. The van der Waals surface area contributed by atoms with E-state index in [1.54, 1.807) is 0 Å². The van der Waals surface area contributed by atoms with Crippen LogP contribution in [0.5, 0.6) is 5.75 Å². The Morgan fingerprint density at radius 1 is 1.33 bits per heavy atom. The number of alkyl halides is 3. The molecule has 21 heavy (non-hydrogen) atoms. The van der Waals surface area contributed by atoms with Crippen LogP contribution in [0.1, 0.15) is 10.5 Å². The van der Waals surface area contributed by atoms with Gasteiger partial charge in [0.1, 0.15) is 18.0 Å². The highest BCUT2D eigenvalue weighted by atomic mass is 35.5. The quantitative estimate of drug-likeness (QED) is 0.849. The minimum atomic E-state index is -4.43. The van der Waals surface area contributed by atoms with Crippen LogP contribution in [0, 0.1) is 0 Å². The lowest BCUT2D eigenvalue weighted by Crippen LogP contribution is -2.23. The fourth-order valence-corrected chi connectivity index (χ4v) is 1.97. The van der Waals surface area contributed by atoms with Crippen molar-refractivity contribution in [2.75, 3.05) is 5.32 Å². The molecule has 0 aliphatic carbocycles. The summed E-state index contributed by atoms with van der Waals surface area (Å²) in [7, 11) is 0. The van der Waals surface area contributed by atoms with E-state index in [1.807, 2.05) is 0 Å². The van der Waals surface area contributed by atoms with Crippen LogP contribution in [-0.2, 0) is 6.54 Å². The molecule has 0 bridgehead atoms. The van der Waals surface area contributed by atoms with Crippen molar-refractivity contribution in [2.45, 2.75) is 12.7 Å². The molecule has 2 N–H and O–H groups in total. The van der Waals surface area contributed by atoms with Gasteiger partial charge in [0.2, 0.25) is 0 Å². The number of aromatic nitrogens is 1. The predicted octanol–water partition coefficient (Wildman–Crippen LogP) is 3.66. The highest BCUT2D eigenvalue weighted by molar-refractivity contribution is 6.34. The minimum Gasteiger partial charge on any atom is -0.508 e. The Bertz CT molecular complexity index is 668. The van der Waals surface area contributed by atoms with Gasteiger partial charge in [0, 0.05) is 12.3 Å². The molecule has 1 heterocycles. The highest BCUT2D eigenvalue weighted by Crippen LogP contribution is 2.26. The maximum absolute atomic E-state index is 12.4. The number of anilines is 1. The number of carbonyl (C=O) groups is 1. The molecule has 0 saturated carbocycles. The van der Waals surface area contributed by atoms with E-state index < -0.39 is 18.6 Å². The Kier molecular flexibility index (Phi) is 4.13. The fraction of sp³-hybridized carbons (Fsp3) is 0.154.